The number of hydrogen-bond donors (Lipinski definition) is 3. The normalized spacial score (nSPS) is 15.3. The van der Waals surface area contributed by atoms with Gasteiger partial charge in [-0.3, -0.25) is 9.79 Å². The molecule has 5 nitrogen and oxygen atoms in total. The van der Waals surface area contributed by atoms with Crippen LogP contribution in [-0.2, 0) is 11.3 Å². The predicted molar refractivity (Wildman–Crippen MR) is 110 cm³/mol. The van der Waals surface area contributed by atoms with Gasteiger partial charge in [-0.05, 0) is 18.4 Å². The molecule has 0 spiro atoms. The second-order valence-corrected chi connectivity index (χ2v) is 5.99. The number of hydrogen-bond acceptors (Lipinski definition) is 2. The Morgan fingerprint density at radius 3 is 2.50 bits per heavy atom. The monoisotopic (exact) mass is 444 g/mol. The van der Waals surface area contributed by atoms with E-state index in [9.17, 15) is 4.79 Å². The summed E-state index contributed by atoms with van der Waals surface area (Å²) in [6.45, 7) is 1.31. The number of nitrogens with one attached hydrogen (secondary N) is 3. The molecule has 6 heteroatoms. The van der Waals surface area contributed by atoms with Gasteiger partial charge in [0.1, 0.15) is 0 Å². The van der Waals surface area contributed by atoms with Gasteiger partial charge >= 0.3 is 0 Å². The van der Waals surface area contributed by atoms with Crippen molar-refractivity contribution in [3.63, 3.8) is 0 Å². The Balaban J connectivity index is 0.00000288. The van der Waals surface area contributed by atoms with Gasteiger partial charge < -0.3 is 16.0 Å². The lowest BCUT2D eigenvalue weighted by Gasteiger charge is -2.22. The molecule has 0 bridgehead atoms. The van der Waals surface area contributed by atoms with E-state index < -0.39 is 0 Å². The minimum absolute atomic E-state index is 0. The summed E-state index contributed by atoms with van der Waals surface area (Å²) in [5.41, 5.74) is 1.20. The van der Waals surface area contributed by atoms with Gasteiger partial charge in [-0.15, -0.1) is 24.0 Å². The molecule has 0 aromatic heterocycles. The first-order valence-electron chi connectivity index (χ1n) is 8.56. The van der Waals surface area contributed by atoms with E-state index in [1.807, 2.05) is 18.2 Å². The van der Waals surface area contributed by atoms with Crippen LogP contribution in [0.2, 0.25) is 0 Å². The van der Waals surface area contributed by atoms with Crippen molar-refractivity contribution in [2.75, 3.05) is 13.6 Å². The second-order valence-electron chi connectivity index (χ2n) is 5.99. The Morgan fingerprint density at radius 1 is 1.12 bits per heavy atom. The highest BCUT2D eigenvalue weighted by molar-refractivity contribution is 14.0. The van der Waals surface area contributed by atoms with Crippen molar-refractivity contribution < 1.29 is 4.79 Å². The van der Waals surface area contributed by atoms with E-state index in [0.717, 1.165) is 25.3 Å². The third kappa shape index (κ3) is 7.99. The number of rotatable bonds is 6. The van der Waals surface area contributed by atoms with E-state index in [-0.39, 0.29) is 29.9 Å². The van der Waals surface area contributed by atoms with Gasteiger partial charge in [0, 0.05) is 32.6 Å². The lowest BCUT2D eigenvalue weighted by molar-refractivity contribution is -0.121. The average molecular weight is 444 g/mol. The Bertz CT molecular complexity index is 501. The molecular weight excluding hydrogens is 415 g/mol. The van der Waals surface area contributed by atoms with E-state index in [2.05, 4.69) is 33.1 Å². The highest BCUT2D eigenvalue weighted by Crippen LogP contribution is 2.17. The molecule has 0 heterocycles. The van der Waals surface area contributed by atoms with Crippen LogP contribution in [0, 0.1) is 0 Å². The summed E-state index contributed by atoms with van der Waals surface area (Å²) in [6.07, 6.45) is 6.50. The van der Waals surface area contributed by atoms with Gasteiger partial charge in [-0.2, -0.15) is 0 Å². The van der Waals surface area contributed by atoms with E-state index >= 15 is 0 Å². The van der Waals surface area contributed by atoms with E-state index in [0.29, 0.717) is 19.0 Å². The van der Waals surface area contributed by atoms with Gasteiger partial charge in [0.25, 0.3) is 0 Å². The van der Waals surface area contributed by atoms with Crippen LogP contribution in [0.1, 0.15) is 44.1 Å². The first-order chi connectivity index (χ1) is 11.3. The van der Waals surface area contributed by atoms with Crippen LogP contribution in [0.4, 0.5) is 0 Å². The van der Waals surface area contributed by atoms with Crippen LogP contribution in [0.25, 0.3) is 0 Å². The summed E-state index contributed by atoms with van der Waals surface area (Å²) >= 11 is 0. The van der Waals surface area contributed by atoms with Gasteiger partial charge in [-0.1, -0.05) is 49.6 Å². The van der Waals surface area contributed by atoms with Crippen LogP contribution in [0.15, 0.2) is 35.3 Å². The zero-order chi connectivity index (χ0) is 16.3. The Hall–Kier alpha value is -1.31. The molecule has 1 aromatic rings. The van der Waals surface area contributed by atoms with Gasteiger partial charge in [0.05, 0.1) is 0 Å². The summed E-state index contributed by atoms with van der Waals surface area (Å²) in [7, 11) is 1.74. The first-order valence-corrected chi connectivity index (χ1v) is 8.56. The average Bonchev–Trinajstić information content (AvgIpc) is 2.59. The zero-order valence-corrected chi connectivity index (χ0v) is 16.7. The van der Waals surface area contributed by atoms with E-state index in [1.165, 1.54) is 24.8 Å². The fourth-order valence-corrected chi connectivity index (χ4v) is 2.84. The predicted octanol–water partition coefficient (Wildman–Crippen LogP) is 2.81. The standard InChI is InChI=1S/C18H28N4O.HI/c1-19-18(21-14-15-8-4-2-5-9-15)20-13-12-17(23)22-16-10-6-3-7-11-16;/h2,4-5,8-9,16H,3,6-7,10-14H2,1H3,(H,22,23)(H2,19,20,21);1H. The molecular formula is C18H29IN4O. The number of guanidine groups is 1. The van der Waals surface area contributed by atoms with Gasteiger partial charge in [-0.25, -0.2) is 0 Å². The van der Waals surface area contributed by atoms with Gasteiger partial charge in [0.15, 0.2) is 5.96 Å². The van der Waals surface area contributed by atoms with Crippen LogP contribution in [0.5, 0.6) is 0 Å². The van der Waals surface area contributed by atoms with Crippen molar-refractivity contribution in [2.45, 2.75) is 51.1 Å². The Kier molecular flexibility index (Phi) is 10.5. The maximum absolute atomic E-state index is 11.9. The molecule has 0 atom stereocenters. The van der Waals surface area contributed by atoms with Crippen molar-refractivity contribution in [1.29, 1.82) is 0 Å². The maximum atomic E-state index is 11.9. The Morgan fingerprint density at radius 2 is 1.83 bits per heavy atom. The third-order valence-corrected chi connectivity index (χ3v) is 4.14. The van der Waals surface area contributed by atoms with E-state index in [4.69, 9.17) is 0 Å². The molecule has 2 rings (SSSR count). The van der Waals surface area contributed by atoms with Crippen LogP contribution < -0.4 is 16.0 Å². The molecule has 1 aromatic carbocycles. The SMILES string of the molecule is CN=C(NCCC(=O)NC1CCCCC1)NCc1ccccc1.I. The molecule has 0 unspecified atom stereocenters. The lowest BCUT2D eigenvalue weighted by atomic mass is 9.95. The van der Waals surface area contributed by atoms with Crippen molar-refractivity contribution in [3.05, 3.63) is 35.9 Å². The lowest BCUT2D eigenvalue weighted by Crippen LogP contribution is -2.41. The minimum Gasteiger partial charge on any atom is -0.356 e. The molecule has 1 aliphatic rings. The number of nitrogens with zero attached hydrogens (tertiary/aromatic N) is 1. The molecule has 1 fully saturated rings. The molecule has 1 aliphatic carbocycles. The summed E-state index contributed by atoms with van der Waals surface area (Å²) in [5, 5.41) is 9.56. The first kappa shape index (κ1) is 20.7. The van der Waals surface area contributed by atoms with Crippen LogP contribution in [-0.4, -0.2) is 31.5 Å². The number of benzene rings is 1. The summed E-state index contributed by atoms with van der Waals surface area (Å²) in [4.78, 5) is 16.1. The van der Waals surface area contributed by atoms with Crippen LogP contribution in [0.3, 0.4) is 0 Å². The molecule has 24 heavy (non-hydrogen) atoms. The molecule has 3 N–H and O–H groups in total. The fourth-order valence-electron chi connectivity index (χ4n) is 2.84. The molecule has 1 saturated carbocycles. The molecule has 0 aliphatic heterocycles. The van der Waals surface area contributed by atoms with Crippen molar-refractivity contribution in [3.8, 4) is 0 Å². The van der Waals surface area contributed by atoms with Crippen molar-refractivity contribution in [2.24, 2.45) is 4.99 Å². The maximum Gasteiger partial charge on any atom is 0.221 e. The third-order valence-electron chi connectivity index (χ3n) is 4.14. The number of aliphatic imine (C=N–C) groups is 1. The van der Waals surface area contributed by atoms with Crippen molar-refractivity contribution >= 4 is 35.8 Å². The number of halogens is 1. The zero-order valence-electron chi connectivity index (χ0n) is 14.4. The quantitative estimate of drug-likeness (QED) is 0.359. The minimum atomic E-state index is 0. The van der Waals surface area contributed by atoms with E-state index in [1.54, 1.807) is 7.05 Å². The largest absolute Gasteiger partial charge is 0.356 e. The second kappa shape index (κ2) is 12.1. The fraction of sp³-hybridized carbons (Fsp3) is 0.556. The Labute approximate surface area is 162 Å². The number of amides is 1. The smallest absolute Gasteiger partial charge is 0.221 e. The number of carbonyl (C=O) groups is 1. The highest BCUT2D eigenvalue weighted by Gasteiger charge is 2.15. The molecule has 1 amide bonds. The summed E-state index contributed by atoms with van der Waals surface area (Å²) < 4.78 is 0. The summed E-state index contributed by atoms with van der Waals surface area (Å²) in [5.74, 6) is 0.849. The summed E-state index contributed by atoms with van der Waals surface area (Å²) in [6, 6.07) is 10.6. The number of carbonyl (C=O) groups excluding carboxylic acids is 1. The highest BCUT2D eigenvalue weighted by atomic mass is 127. The van der Waals surface area contributed by atoms with Crippen LogP contribution >= 0.6 is 24.0 Å². The molecule has 0 saturated heterocycles. The van der Waals surface area contributed by atoms with Crippen molar-refractivity contribution in [1.82, 2.24) is 16.0 Å². The topological polar surface area (TPSA) is 65.5 Å². The van der Waals surface area contributed by atoms with Gasteiger partial charge in [0.2, 0.25) is 5.91 Å². The molecule has 0 radical (unpaired) electrons. The molecule has 134 valence electrons.